The second kappa shape index (κ2) is 8.17. The lowest BCUT2D eigenvalue weighted by Crippen LogP contribution is -2.35. The first-order chi connectivity index (χ1) is 12.4. The molecule has 0 aliphatic carbocycles. The number of alkyl halides is 3. The van der Waals surface area contributed by atoms with Gasteiger partial charge in [-0.25, -0.2) is 8.42 Å². The number of anilines is 1. The number of carbonyl (C=O) groups is 1. The standard InChI is InChI=1S/C16H13BrClF3N2O3S/c1-23(27(25,26)12-5-3-11(17)4-6-12)9-15(24)22-14-8-10(16(19,20)21)2-7-13(14)18/h2-8H,9H2,1H3,(H,22,24). The second-order valence-electron chi connectivity index (χ2n) is 5.46. The summed E-state index contributed by atoms with van der Waals surface area (Å²) >= 11 is 9.00. The Morgan fingerprint density at radius 3 is 2.33 bits per heavy atom. The molecule has 0 spiro atoms. The van der Waals surface area contributed by atoms with Crippen LogP contribution in [0.3, 0.4) is 0 Å². The molecule has 0 aliphatic heterocycles. The molecule has 1 amide bonds. The number of benzene rings is 2. The van der Waals surface area contributed by atoms with Crippen LogP contribution in [0.15, 0.2) is 51.8 Å². The first-order valence-corrected chi connectivity index (χ1v) is 9.91. The average molecular weight is 486 g/mol. The van der Waals surface area contributed by atoms with Crippen LogP contribution in [0.4, 0.5) is 18.9 Å². The van der Waals surface area contributed by atoms with Crippen molar-refractivity contribution in [1.29, 1.82) is 0 Å². The van der Waals surface area contributed by atoms with Crippen molar-refractivity contribution >= 4 is 49.1 Å². The van der Waals surface area contributed by atoms with Gasteiger partial charge < -0.3 is 5.32 Å². The Balaban J connectivity index is 2.14. The first kappa shape index (κ1) is 21.7. The number of sulfonamides is 1. The molecular weight excluding hydrogens is 473 g/mol. The van der Waals surface area contributed by atoms with Crippen LogP contribution in [-0.4, -0.2) is 32.2 Å². The highest BCUT2D eigenvalue weighted by molar-refractivity contribution is 9.10. The summed E-state index contributed by atoms with van der Waals surface area (Å²) in [5.41, 5.74) is -1.25. The molecule has 2 rings (SSSR count). The zero-order chi connectivity index (χ0) is 20.4. The molecule has 2 aromatic rings. The molecule has 0 unspecified atom stereocenters. The summed E-state index contributed by atoms with van der Waals surface area (Å²) in [7, 11) is -2.76. The van der Waals surface area contributed by atoms with Gasteiger partial charge in [-0.05, 0) is 42.5 Å². The second-order valence-corrected chi connectivity index (χ2v) is 8.82. The quantitative estimate of drug-likeness (QED) is 0.683. The molecule has 1 N–H and O–H groups in total. The van der Waals surface area contributed by atoms with E-state index in [-0.39, 0.29) is 15.6 Å². The molecule has 146 valence electrons. The van der Waals surface area contributed by atoms with Gasteiger partial charge in [0.25, 0.3) is 0 Å². The number of nitrogens with zero attached hydrogens (tertiary/aromatic N) is 1. The van der Waals surface area contributed by atoms with Gasteiger partial charge in [-0.15, -0.1) is 0 Å². The highest BCUT2D eigenvalue weighted by Gasteiger charge is 2.31. The fourth-order valence-electron chi connectivity index (χ4n) is 2.06. The minimum atomic E-state index is -4.61. The lowest BCUT2D eigenvalue weighted by molar-refractivity contribution is -0.137. The van der Waals surface area contributed by atoms with Crippen molar-refractivity contribution in [3.05, 3.63) is 57.5 Å². The van der Waals surface area contributed by atoms with E-state index in [1.165, 1.54) is 31.3 Å². The lowest BCUT2D eigenvalue weighted by atomic mass is 10.2. The maximum atomic E-state index is 12.8. The SMILES string of the molecule is CN(CC(=O)Nc1cc(C(F)(F)F)ccc1Cl)S(=O)(=O)c1ccc(Br)cc1. The van der Waals surface area contributed by atoms with E-state index in [4.69, 9.17) is 11.6 Å². The normalized spacial score (nSPS) is 12.3. The molecule has 0 heterocycles. The van der Waals surface area contributed by atoms with E-state index in [9.17, 15) is 26.4 Å². The average Bonchev–Trinajstić information content (AvgIpc) is 2.56. The van der Waals surface area contributed by atoms with Crippen LogP contribution in [0.25, 0.3) is 0 Å². The van der Waals surface area contributed by atoms with Crippen molar-refractivity contribution in [3.63, 3.8) is 0 Å². The zero-order valence-corrected chi connectivity index (χ0v) is 16.9. The van der Waals surface area contributed by atoms with Gasteiger partial charge in [0.05, 0.1) is 27.7 Å². The number of rotatable bonds is 5. The van der Waals surface area contributed by atoms with E-state index in [1.807, 2.05) is 0 Å². The van der Waals surface area contributed by atoms with E-state index < -0.39 is 34.2 Å². The molecule has 5 nitrogen and oxygen atoms in total. The smallest absolute Gasteiger partial charge is 0.324 e. The Morgan fingerprint density at radius 1 is 1.19 bits per heavy atom. The molecule has 0 saturated carbocycles. The summed E-state index contributed by atoms with van der Waals surface area (Å²) in [6.45, 7) is -0.606. The molecule has 0 aromatic heterocycles. The van der Waals surface area contributed by atoms with Crippen LogP contribution in [0.2, 0.25) is 5.02 Å². The largest absolute Gasteiger partial charge is 0.416 e. The van der Waals surface area contributed by atoms with Gasteiger partial charge in [-0.2, -0.15) is 17.5 Å². The Hall–Kier alpha value is -1.62. The molecule has 11 heteroatoms. The Morgan fingerprint density at radius 2 is 1.78 bits per heavy atom. The number of likely N-dealkylation sites (N-methyl/N-ethyl adjacent to an activating group) is 1. The number of hydrogen-bond donors (Lipinski definition) is 1. The number of amides is 1. The molecule has 0 fully saturated rings. The van der Waals surface area contributed by atoms with Crippen molar-refractivity contribution in [2.24, 2.45) is 0 Å². The number of carbonyl (C=O) groups excluding carboxylic acids is 1. The van der Waals surface area contributed by atoms with Crippen LogP contribution in [0.5, 0.6) is 0 Å². The number of nitrogens with one attached hydrogen (secondary N) is 1. The van der Waals surface area contributed by atoms with Crippen molar-refractivity contribution in [1.82, 2.24) is 4.31 Å². The third-order valence-corrected chi connectivity index (χ3v) is 6.13. The summed E-state index contributed by atoms with van der Waals surface area (Å²) < 4.78 is 64.7. The van der Waals surface area contributed by atoms with E-state index in [1.54, 1.807) is 0 Å². The summed E-state index contributed by atoms with van der Waals surface area (Å²) in [6, 6.07) is 8.25. The van der Waals surface area contributed by atoms with Crippen LogP contribution in [0, 0.1) is 0 Å². The zero-order valence-electron chi connectivity index (χ0n) is 13.7. The van der Waals surface area contributed by atoms with Gasteiger partial charge in [0.2, 0.25) is 15.9 Å². The molecule has 0 atom stereocenters. The highest BCUT2D eigenvalue weighted by Crippen LogP contribution is 2.33. The fourth-order valence-corrected chi connectivity index (χ4v) is 3.62. The minimum absolute atomic E-state index is 0.0295. The molecular formula is C16H13BrClF3N2O3S. The van der Waals surface area contributed by atoms with E-state index >= 15 is 0 Å². The molecule has 0 saturated heterocycles. The van der Waals surface area contributed by atoms with Crippen molar-refractivity contribution in [2.75, 3.05) is 18.9 Å². The summed E-state index contributed by atoms with van der Waals surface area (Å²) in [4.78, 5) is 12.1. The van der Waals surface area contributed by atoms with E-state index in [2.05, 4.69) is 21.2 Å². The third kappa shape index (κ3) is 5.44. The van der Waals surface area contributed by atoms with Crippen molar-refractivity contribution in [2.45, 2.75) is 11.1 Å². The minimum Gasteiger partial charge on any atom is -0.324 e. The maximum absolute atomic E-state index is 12.8. The van der Waals surface area contributed by atoms with Crippen LogP contribution in [-0.2, 0) is 21.0 Å². The lowest BCUT2D eigenvalue weighted by Gasteiger charge is -2.17. The summed E-state index contributed by atoms with van der Waals surface area (Å²) in [5, 5.41) is 2.10. The van der Waals surface area contributed by atoms with Crippen LogP contribution < -0.4 is 5.32 Å². The fraction of sp³-hybridized carbons (Fsp3) is 0.188. The molecule has 0 radical (unpaired) electrons. The van der Waals surface area contributed by atoms with Crippen LogP contribution in [0.1, 0.15) is 5.56 Å². The van der Waals surface area contributed by atoms with Gasteiger partial charge in [-0.1, -0.05) is 27.5 Å². The van der Waals surface area contributed by atoms with Crippen LogP contribution >= 0.6 is 27.5 Å². The van der Waals surface area contributed by atoms with E-state index in [0.717, 1.165) is 16.4 Å². The number of hydrogen-bond acceptors (Lipinski definition) is 3. The van der Waals surface area contributed by atoms with Crippen molar-refractivity contribution in [3.8, 4) is 0 Å². The third-order valence-electron chi connectivity index (χ3n) is 3.46. The predicted octanol–water partition coefficient (Wildman–Crippen LogP) is 4.38. The Labute approximate surface area is 167 Å². The number of halogens is 5. The van der Waals surface area contributed by atoms with Gasteiger partial charge in [-0.3, -0.25) is 4.79 Å². The Bertz CT molecular complexity index is 950. The summed E-state index contributed by atoms with van der Waals surface area (Å²) in [6.07, 6.45) is -4.61. The van der Waals surface area contributed by atoms with Gasteiger partial charge >= 0.3 is 6.18 Å². The molecule has 0 bridgehead atoms. The van der Waals surface area contributed by atoms with Gasteiger partial charge in [0.15, 0.2) is 0 Å². The first-order valence-electron chi connectivity index (χ1n) is 7.30. The molecule has 2 aromatic carbocycles. The maximum Gasteiger partial charge on any atom is 0.416 e. The summed E-state index contributed by atoms with van der Waals surface area (Å²) in [5.74, 6) is -0.834. The predicted molar refractivity (Wildman–Crippen MR) is 99.0 cm³/mol. The molecule has 0 aliphatic rings. The highest BCUT2D eigenvalue weighted by atomic mass is 79.9. The monoisotopic (exact) mass is 484 g/mol. The molecule has 27 heavy (non-hydrogen) atoms. The van der Waals surface area contributed by atoms with Gasteiger partial charge in [0, 0.05) is 11.5 Å². The van der Waals surface area contributed by atoms with E-state index in [0.29, 0.717) is 10.5 Å². The van der Waals surface area contributed by atoms with Gasteiger partial charge in [0.1, 0.15) is 0 Å². The Kier molecular flexibility index (Phi) is 6.56. The topological polar surface area (TPSA) is 66.5 Å². The van der Waals surface area contributed by atoms with Crippen molar-refractivity contribution < 1.29 is 26.4 Å².